The Morgan fingerprint density at radius 3 is 2.25 bits per heavy atom. The third-order valence-electron chi connectivity index (χ3n) is 4.62. The number of aryl methyl sites for hydroxylation is 1. The van der Waals surface area contributed by atoms with E-state index in [9.17, 15) is 14.4 Å². The normalized spacial score (nSPS) is 10.5. The molecule has 0 spiro atoms. The van der Waals surface area contributed by atoms with E-state index in [4.69, 9.17) is 0 Å². The average molecular weight is 428 g/mol. The summed E-state index contributed by atoms with van der Waals surface area (Å²) < 4.78 is 1.17. The van der Waals surface area contributed by atoms with Crippen molar-refractivity contribution < 1.29 is 9.59 Å². The Bertz CT molecular complexity index is 1320. The van der Waals surface area contributed by atoms with Gasteiger partial charge in [-0.3, -0.25) is 9.59 Å². The molecule has 160 valence electrons. The maximum atomic E-state index is 12.5. The lowest BCUT2D eigenvalue weighted by molar-refractivity contribution is -0.116. The summed E-state index contributed by atoms with van der Waals surface area (Å²) in [5, 5.41) is 16.6. The van der Waals surface area contributed by atoms with Crippen molar-refractivity contribution in [3.8, 4) is 0 Å². The maximum Gasteiger partial charge on any atom is 0.323 e. The Hall–Kier alpha value is -4.53. The summed E-state index contributed by atoms with van der Waals surface area (Å²) in [6.45, 7) is 0.0971. The van der Waals surface area contributed by atoms with Crippen molar-refractivity contribution in [3.63, 3.8) is 0 Å². The number of amides is 3. The van der Waals surface area contributed by atoms with Gasteiger partial charge in [-0.15, -0.1) is 5.10 Å². The highest BCUT2D eigenvalue weighted by Crippen LogP contribution is 2.16. The number of nitrogens with zero attached hydrogens (tertiary/aromatic N) is 3. The molecule has 0 atom stereocenters. The highest BCUT2D eigenvalue weighted by atomic mass is 16.2. The number of aromatic nitrogens is 3. The summed E-state index contributed by atoms with van der Waals surface area (Å²) in [6, 6.07) is 22.4. The third-order valence-corrected chi connectivity index (χ3v) is 4.62. The van der Waals surface area contributed by atoms with E-state index in [1.54, 1.807) is 60.7 Å². The Morgan fingerprint density at radius 2 is 1.44 bits per heavy atom. The van der Waals surface area contributed by atoms with Gasteiger partial charge in [-0.05, 0) is 42.5 Å². The number of benzene rings is 3. The smallest absolute Gasteiger partial charge is 0.323 e. The molecule has 0 aliphatic carbocycles. The Balaban J connectivity index is 1.34. The number of para-hydroxylation sites is 1. The van der Waals surface area contributed by atoms with Crippen molar-refractivity contribution in [2.45, 2.75) is 13.0 Å². The van der Waals surface area contributed by atoms with E-state index < -0.39 is 6.03 Å². The van der Waals surface area contributed by atoms with Gasteiger partial charge in [0.05, 0.1) is 11.9 Å². The van der Waals surface area contributed by atoms with Gasteiger partial charge in [-0.2, -0.15) is 0 Å². The van der Waals surface area contributed by atoms with Gasteiger partial charge < -0.3 is 16.0 Å². The molecule has 0 saturated heterocycles. The van der Waals surface area contributed by atoms with Crippen LogP contribution in [0.15, 0.2) is 83.7 Å². The Kier molecular flexibility index (Phi) is 6.17. The minimum atomic E-state index is -0.395. The summed E-state index contributed by atoms with van der Waals surface area (Å²) in [5.41, 5.74) is 1.93. The van der Waals surface area contributed by atoms with Crippen molar-refractivity contribution in [1.29, 1.82) is 0 Å². The first-order valence-electron chi connectivity index (χ1n) is 9.94. The van der Waals surface area contributed by atoms with Crippen LogP contribution in [0.2, 0.25) is 0 Å². The molecule has 1 aromatic heterocycles. The zero-order chi connectivity index (χ0) is 22.3. The number of carbonyl (C=O) groups excluding carboxylic acids is 2. The summed E-state index contributed by atoms with van der Waals surface area (Å²) in [7, 11) is 0. The molecule has 0 fully saturated rings. The van der Waals surface area contributed by atoms with Gasteiger partial charge in [0.15, 0.2) is 0 Å². The number of hydrogen-bond acceptors (Lipinski definition) is 5. The lowest BCUT2D eigenvalue weighted by Gasteiger charge is -2.10. The lowest BCUT2D eigenvalue weighted by atomic mass is 10.2. The standard InChI is InChI=1S/C23H20N6O3/c30-21(13-14-29-22(31)19-11-4-5-12-20(19)27-28-29)24-17-9-6-10-18(15-17)26-23(32)25-16-7-2-1-3-8-16/h1-12,15H,13-14H2,(H,24,30)(H2,25,26,32). The van der Waals surface area contributed by atoms with Crippen LogP contribution in [0.25, 0.3) is 10.9 Å². The van der Waals surface area contributed by atoms with Gasteiger partial charge in [0, 0.05) is 23.5 Å². The lowest BCUT2D eigenvalue weighted by Crippen LogP contribution is -2.26. The fourth-order valence-corrected chi connectivity index (χ4v) is 3.09. The highest BCUT2D eigenvalue weighted by Gasteiger charge is 2.09. The first-order chi connectivity index (χ1) is 15.6. The van der Waals surface area contributed by atoms with Crippen LogP contribution in [-0.4, -0.2) is 26.9 Å². The molecule has 0 radical (unpaired) electrons. The van der Waals surface area contributed by atoms with Crippen LogP contribution in [0.3, 0.4) is 0 Å². The largest absolute Gasteiger partial charge is 0.326 e. The molecule has 0 unspecified atom stereocenters. The van der Waals surface area contributed by atoms with Crippen molar-refractivity contribution >= 4 is 39.9 Å². The number of rotatable bonds is 6. The summed E-state index contributed by atoms with van der Waals surface area (Å²) in [4.78, 5) is 37.0. The molecule has 0 saturated carbocycles. The second kappa shape index (κ2) is 9.52. The Labute approximate surface area is 183 Å². The fraction of sp³-hybridized carbons (Fsp3) is 0.0870. The van der Waals surface area contributed by atoms with Gasteiger partial charge >= 0.3 is 6.03 Å². The second-order valence-electron chi connectivity index (χ2n) is 6.96. The molecule has 3 N–H and O–H groups in total. The average Bonchev–Trinajstić information content (AvgIpc) is 2.79. The van der Waals surface area contributed by atoms with Gasteiger partial charge in [-0.1, -0.05) is 41.6 Å². The number of hydrogen-bond donors (Lipinski definition) is 3. The molecule has 9 nitrogen and oxygen atoms in total. The predicted octanol–water partition coefficient (Wildman–Crippen LogP) is 3.46. The molecular formula is C23H20N6O3. The van der Waals surface area contributed by atoms with E-state index in [0.717, 1.165) is 0 Å². The van der Waals surface area contributed by atoms with Gasteiger partial charge in [0.2, 0.25) is 5.91 Å². The quantitative estimate of drug-likeness (QED) is 0.435. The Morgan fingerprint density at radius 1 is 0.781 bits per heavy atom. The number of fused-ring (bicyclic) bond motifs is 1. The third kappa shape index (κ3) is 5.14. The first-order valence-corrected chi connectivity index (χ1v) is 9.94. The van der Waals surface area contributed by atoms with Gasteiger partial charge in [0.25, 0.3) is 5.56 Å². The second-order valence-corrected chi connectivity index (χ2v) is 6.96. The van der Waals surface area contributed by atoms with Gasteiger partial charge in [-0.25, -0.2) is 9.48 Å². The molecule has 9 heteroatoms. The van der Waals surface area contributed by atoms with Crippen molar-refractivity contribution in [1.82, 2.24) is 15.0 Å². The molecule has 4 aromatic rings. The van der Waals surface area contributed by atoms with Crippen LogP contribution in [0.5, 0.6) is 0 Å². The van der Waals surface area contributed by atoms with Crippen LogP contribution in [0.1, 0.15) is 6.42 Å². The molecular weight excluding hydrogens is 408 g/mol. The minimum Gasteiger partial charge on any atom is -0.326 e. The molecule has 0 aliphatic rings. The van der Waals surface area contributed by atoms with Gasteiger partial charge in [0.1, 0.15) is 5.52 Å². The molecule has 1 heterocycles. The molecule has 3 aromatic carbocycles. The zero-order valence-electron chi connectivity index (χ0n) is 17.0. The molecule has 4 rings (SSSR count). The van der Waals surface area contributed by atoms with Crippen LogP contribution in [-0.2, 0) is 11.3 Å². The van der Waals surface area contributed by atoms with Crippen molar-refractivity contribution in [2.75, 3.05) is 16.0 Å². The van der Waals surface area contributed by atoms with Crippen LogP contribution in [0.4, 0.5) is 21.9 Å². The van der Waals surface area contributed by atoms with E-state index in [2.05, 4.69) is 26.3 Å². The van der Waals surface area contributed by atoms with Crippen molar-refractivity contribution in [3.05, 3.63) is 89.2 Å². The summed E-state index contributed by atoms with van der Waals surface area (Å²) >= 11 is 0. The van der Waals surface area contributed by atoms with Crippen LogP contribution >= 0.6 is 0 Å². The highest BCUT2D eigenvalue weighted by molar-refractivity contribution is 6.00. The topological polar surface area (TPSA) is 118 Å². The number of urea groups is 1. The number of carbonyl (C=O) groups is 2. The summed E-state index contributed by atoms with van der Waals surface area (Å²) in [6.07, 6.45) is 0.0408. The number of nitrogens with one attached hydrogen (secondary N) is 3. The molecule has 0 aliphatic heterocycles. The monoisotopic (exact) mass is 428 g/mol. The summed E-state index contributed by atoms with van der Waals surface area (Å²) in [5.74, 6) is -0.294. The molecule has 3 amide bonds. The maximum absolute atomic E-state index is 12.5. The predicted molar refractivity (Wildman–Crippen MR) is 123 cm³/mol. The van der Waals surface area contributed by atoms with Crippen LogP contribution < -0.4 is 21.5 Å². The van der Waals surface area contributed by atoms with Crippen molar-refractivity contribution in [2.24, 2.45) is 0 Å². The minimum absolute atomic E-state index is 0.0408. The van der Waals surface area contributed by atoms with E-state index >= 15 is 0 Å². The van der Waals surface area contributed by atoms with E-state index in [-0.39, 0.29) is 24.4 Å². The first kappa shape index (κ1) is 20.7. The molecule has 32 heavy (non-hydrogen) atoms. The fourth-order valence-electron chi connectivity index (χ4n) is 3.09. The van der Waals surface area contributed by atoms with E-state index in [1.165, 1.54) is 4.68 Å². The van der Waals surface area contributed by atoms with Crippen LogP contribution in [0, 0.1) is 0 Å². The number of anilines is 3. The van der Waals surface area contributed by atoms with E-state index in [0.29, 0.717) is 28.0 Å². The SMILES string of the molecule is O=C(CCn1nnc2ccccc2c1=O)Nc1cccc(NC(=O)Nc2ccccc2)c1. The van der Waals surface area contributed by atoms with E-state index in [1.807, 2.05) is 18.2 Å². The molecule has 0 bridgehead atoms. The zero-order valence-corrected chi connectivity index (χ0v) is 17.0.